The van der Waals surface area contributed by atoms with Gasteiger partial charge < -0.3 is 15.1 Å². The lowest BCUT2D eigenvalue weighted by Gasteiger charge is -2.37. The van der Waals surface area contributed by atoms with Gasteiger partial charge in [-0.1, -0.05) is 6.92 Å². The second-order valence-electron chi connectivity index (χ2n) is 6.49. The molecule has 0 saturated carbocycles. The van der Waals surface area contributed by atoms with Crippen molar-refractivity contribution in [1.82, 2.24) is 15.1 Å². The minimum atomic E-state index is 0.354. The summed E-state index contributed by atoms with van der Waals surface area (Å²) in [4.78, 5) is 17.0. The summed E-state index contributed by atoms with van der Waals surface area (Å²) in [5.74, 6) is 0.909. The molecule has 4 nitrogen and oxygen atoms in total. The third-order valence-electron chi connectivity index (χ3n) is 4.90. The quantitative estimate of drug-likeness (QED) is 0.833. The van der Waals surface area contributed by atoms with Crippen molar-refractivity contribution in [3.05, 3.63) is 0 Å². The van der Waals surface area contributed by atoms with E-state index in [0.29, 0.717) is 17.9 Å². The zero-order valence-electron chi connectivity index (χ0n) is 13.2. The Kier molecular flexibility index (Phi) is 6.30. The predicted octanol–water partition coefficient (Wildman–Crippen LogP) is 1.71. The van der Waals surface area contributed by atoms with Gasteiger partial charge in [0.25, 0.3) is 0 Å². The van der Waals surface area contributed by atoms with Gasteiger partial charge >= 0.3 is 0 Å². The molecular weight excluding hydrogens is 250 g/mol. The van der Waals surface area contributed by atoms with E-state index < -0.39 is 0 Å². The molecule has 2 fully saturated rings. The number of nitrogens with zero attached hydrogens (tertiary/aromatic N) is 2. The Morgan fingerprint density at radius 2 is 2.05 bits per heavy atom. The average Bonchev–Trinajstić information content (AvgIpc) is 2.48. The molecule has 0 aliphatic carbocycles. The van der Waals surface area contributed by atoms with Gasteiger partial charge in [0.2, 0.25) is 5.91 Å². The van der Waals surface area contributed by atoms with Crippen molar-refractivity contribution in [2.45, 2.75) is 51.5 Å². The first-order chi connectivity index (χ1) is 9.70. The fourth-order valence-electron chi connectivity index (χ4n) is 3.54. The summed E-state index contributed by atoms with van der Waals surface area (Å²) in [6.45, 7) is 7.89. The molecule has 0 aromatic rings. The minimum Gasteiger partial charge on any atom is -0.343 e. The number of carbonyl (C=O) groups is 1. The van der Waals surface area contributed by atoms with Crippen LogP contribution < -0.4 is 5.32 Å². The van der Waals surface area contributed by atoms with Gasteiger partial charge in [-0.2, -0.15) is 0 Å². The molecule has 4 heteroatoms. The summed E-state index contributed by atoms with van der Waals surface area (Å²) in [6, 6.07) is 0.465. The molecule has 1 N–H and O–H groups in total. The Bertz CT molecular complexity index is 294. The minimum absolute atomic E-state index is 0.354. The molecule has 0 radical (unpaired) electrons. The molecule has 2 rings (SSSR count). The standard InChI is InChI=1S/C16H31N3O/c1-3-9-19-10-6-15(7-11-19)18(2)16(20)12-14-5-4-8-17-13-14/h14-15,17H,3-13H2,1-2H3. The topological polar surface area (TPSA) is 35.6 Å². The van der Waals surface area contributed by atoms with Crippen LogP contribution in [0.5, 0.6) is 0 Å². The van der Waals surface area contributed by atoms with Gasteiger partial charge in [-0.05, 0) is 57.7 Å². The molecule has 1 unspecified atom stereocenters. The molecular formula is C16H31N3O. The lowest BCUT2D eigenvalue weighted by Crippen LogP contribution is -2.46. The lowest BCUT2D eigenvalue weighted by atomic mass is 9.94. The molecule has 0 spiro atoms. The van der Waals surface area contributed by atoms with Crippen LogP contribution in [0.1, 0.15) is 45.4 Å². The number of likely N-dealkylation sites (tertiary alicyclic amines) is 1. The molecule has 0 aromatic heterocycles. The molecule has 1 atom stereocenters. The highest BCUT2D eigenvalue weighted by Crippen LogP contribution is 2.20. The summed E-state index contributed by atoms with van der Waals surface area (Å²) < 4.78 is 0. The number of rotatable bonds is 5. The van der Waals surface area contributed by atoms with Crippen LogP contribution in [-0.4, -0.2) is 61.5 Å². The molecule has 1 amide bonds. The average molecular weight is 281 g/mol. The van der Waals surface area contributed by atoms with Crippen molar-refractivity contribution in [2.24, 2.45) is 5.92 Å². The van der Waals surface area contributed by atoms with Gasteiger partial charge in [-0.15, -0.1) is 0 Å². The highest BCUT2D eigenvalue weighted by atomic mass is 16.2. The molecule has 2 saturated heterocycles. The first-order valence-electron chi connectivity index (χ1n) is 8.39. The second kappa shape index (κ2) is 7.99. The highest BCUT2D eigenvalue weighted by Gasteiger charge is 2.26. The third kappa shape index (κ3) is 4.45. The van der Waals surface area contributed by atoms with Crippen LogP contribution in [0.4, 0.5) is 0 Å². The van der Waals surface area contributed by atoms with Crippen LogP contribution in [0.25, 0.3) is 0 Å². The monoisotopic (exact) mass is 281 g/mol. The number of nitrogens with one attached hydrogen (secondary N) is 1. The summed E-state index contributed by atoms with van der Waals surface area (Å²) in [5.41, 5.74) is 0. The second-order valence-corrected chi connectivity index (χ2v) is 6.49. The van der Waals surface area contributed by atoms with Gasteiger partial charge in [-0.3, -0.25) is 4.79 Å². The summed E-state index contributed by atoms with van der Waals surface area (Å²) in [7, 11) is 2.01. The number of hydrogen-bond acceptors (Lipinski definition) is 3. The van der Waals surface area contributed by atoms with E-state index in [1.165, 1.54) is 25.8 Å². The van der Waals surface area contributed by atoms with Gasteiger partial charge in [-0.25, -0.2) is 0 Å². The number of amides is 1. The van der Waals surface area contributed by atoms with Crippen LogP contribution in [0.3, 0.4) is 0 Å². The largest absolute Gasteiger partial charge is 0.343 e. The number of hydrogen-bond donors (Lipinski definition) is 1. The van der Waals surface area contributed by atoms with E-state index in [4.69, 9.17) is 0 Å². The fraction of sp³-hybridized carbons (Fsp3) is 0.938. The smallest absolute Gasteiger partial charge is 0.222 e. The van der Waals surface area contributed by atoms with Crippen molar-refractivity contribution >= 4 is 5.91 Å². The summed E-state index contributed by atoms with van der Waals surface area (Å²) in [5, 5.41) is 3.40. The van der Waals surface area contributed by atoms with E-state index in [9.17, 15) is 4.79 Å². The van der Waals surface area contributed by atoms with E-state index in [1.807, 2.05) is 11.9 Å². The molecule has 116 valence electrons. The van der Waals surface area contributed by atoms with Crippen molar-refractivity contribution < 1.29 is 4.79 Å². The van der Waals surface area contributed by atoms with Crippen LogP contribution in [0.2, 0.25) is 0 Å². The summed E-state index contributed by atoms with van der Waals surface area (Å²) in [6.07, 6.45) is 6.68. The Morgan fingerprint density at radius 1 is 1.30 bits per heavy atom. The van der Waals surface area contributed by atoms with E-state index >= 15 is 0 Å². The first-order valence-corrected chi connectivity index (χ1v) is 8.39. The lowest BCUT2D eigenvalue weighted by molar-refractivity contribution is -0.134. The Balaban J connectivity index is 1.73. The number of carbonyl (C=O) groups excluding carboxylic acids is 1. The molecule has 0 aromatic carbocycles. The Hall–Kier alpha value is -0.610. The van der Waals surface area contributed by atoms with Crippen molar-refractivity contribution in [3.8, 4) is 0 Å². The van der Waals surface area contributed by atoms with Crippen molar-refractivity contribution in [1.29, 1.82) is 0 Å². The zero-order chi connectivity index (χ0) is 14.4. The molecule has 20 heavy (non-hydrogen) atoms. The number of piperidine rings is 2. The van der Waals surface area contributed by atoms with Crippen LogP contribution in [0.15, 0.2) is 0 Å². The normalized spacial score (nSPS) is 25.6. The summed E-state index contributed by atoms with van der Waals surface area (Å²) >= 11 is 0. The highest BCUT2D eigenvalue weighted by molar-refractivity contribution is 5.76. The molecule has 0 bridgehead atoms. The van der Waals surface area contributed by atoms with Gasteiger partial charge in [0, 0.05) is 32.6 Å². The van der Waals surface area contributed by atoms with Crippen molar-refractivity contribution in [2.75, 3.05) is 39.8 Å². The molecule has 2 aliphatic heterocycles. The Morgan fingerprint density at radius 3 is 2.65 bits per heavy atom. The van der Waals surface area contributed by atoms with E-state index in [1.54, 1.807) is 0 Å². The molecule has 2 aliphatic rings. The predicted molar refractivity (Wildman–Crippen MR) is 82.7 cm³/mol. The zero-order valence-corrected chi connectivity index (χ0v) is 13.2. The SMILES string of the molecule is CCCN1CCC(N(C)C(=O)CC2CCCNC2)CC1. The van der Waals surface area contributed by atoms with Crippen LogP contribution in [0, 0.1) is 5.92 Å². The molecule has 2 heterocycles. The van der Waals surface area contributed by atoms with E-state index in [0.717, 1.165) is 45.4 Å². The Labute approximate surface area is 123 Å². The maximum absolute atomic E-state index is 12.4. The van der Waals surface area contributed by atoms with E-state index in [2.05, 4.69) is 17.1 Å². The van der Waals surface area contributed by atoms with Gasteiger partial charge in [0.05, 0.1) is 0 Å². The van der Waals surface area contributed by atoms with Crippen molar-refractivity contribution in [3.63, 3.8) is 0 Å². The van der Waals surface area contributed by atoms with E-state index in [-0.39, 0.29) is 0 Å². The van der Waals surface area contributed by atoms with Crippen LogP contribution >= 0.6 is 0 Å². The van der Waals surface area contributed by atoms with Gasteiger partial charge in [0.1, 0.15) is 0 Å². The third-order valence-corrected chi connectivity index (χ3v) is 4.90. The van der Waals surface area contributed by atoms with Gasteiger partial charge in [0.15, 0.2) is 0 Å². The maximum Gasteiger partial charge on any atom is 0.222 e. The maximum atomic E-state index is 12.4. The van der Waals surface area contributed by atoms with Crippen LogP contribution in [-0.2, 0) is 4.79 Å². The first kappa shape index (κ1) is 15.8. The fourth-order valence-corrected chi connectivity index (χ4v) is 3.54.